The van der Waals surface area contributed by atoms with Crippen LogP contribution in [0.25, 0.3) is 0 Å². The Labute approximate surface area is 244 Å². The Balaban J connectivity index is 1.12. The Bertz CT molecular complexity index is 1480. The molecule has 0 saturated carbocycles. The van der Waals surface area contributed by atoms with Crippen molar-refractivity contribution in [2.75, 3.05) is 37.6 Å². The molecule has 3 aromatic rings. The molecule has 0 bridgehead atoms. The molecule has 1 aromatic heterocycles. The maximum Gasteiger partial charge on any atom is 0.282 e. The summed E-state index contributed by atoms with van der Waals surface area (Å²) in [6, 6.07) is 11.7. The zero-order valence-electron chi connectivity index (χ0n) is 24.2. The lowest BCUT2D eigenvalue weighted by atomic mass is 9.72. The van der Waals surface area contributed by atoms with E-state index >= 15 is 0 Å². The van der Waals surface area contributed by atoms with E-state index < -0.39 is 5.82 Å². The summed E-state index contributed by atoms with van der Waals surface area (Å²) in [6.07, 6.45) is 3.17. The number of carbonyl (C=O) groups excluding carboxylic acids is 2. The molecule has 6 rings (SSSR count). The molecule has 1 N–H and O–H groups in total. The van der Waals surface area contributed by atoms with Gasteiger partial charge in [0, 0.05) is 50.7 Å². The number of anilines is 1. The lowest BCUT2D eigenvalue weighted by molar-refractivity contribution is -0.136. The number of fused-ring (bicyclic) bond motifs is 1. The van der Waals surface area contributed by atoms with Gasteiger partial charge in [0.2, 0.25) is 5.91 Å². The number of rotatable bonds is 7. The number of likely N-dealkylation sites (tertiary alicyclic amines) is 1. The average molecular weight is 574 g/mol. The highest BCUT2D eigenvalue weighted by Crippen LogP contribution is 2.45. The van der Waals surface area contributed by atoms with Crippen LogP contribution in [-0.2, 0) is 11.3 Å². The fourth-order valence-corrected chi connectivity index (χ4v) is 6.43. The van der Waals surface area contributed by atoms with Crippen molar-refractivity contribution in [2.24, 2.45) is 5.41 Å². The number of benzene rings is 2. The van der Waals surface area contributed by atoms with Crippen LogP contribution in [0.2, 0.25) is 0 Å². The van der Waals surface area contributed by atoms with E-state index in [0.29, 0.717) is 25.5 Å². The Morgan fingerprint density at radius 1 is 1.17 bits per heavy atom. The monoisotopic (exact) mass is 573 g/mol. The maximum atomic E-state index is 14.2. The molecular formula is C31H36FN7O3. The van der Waals surface area contributed by atoms with Crippen molar-refractivity contribution in [1.29, 1.82) is 0 Å². The highest BCUT2D eigenvalue weighted by atomic mass is 19.1. The van der Waals surface area contributed by atoms with Crippen molar-refractivity contribution in [3.8, 4) is 11.6 Å². The minimum absolute atomic E-state index is 0.0587. The van der Waals surface area contributed by atoms with Gasteiger partial charge in [0.15, 0.2) is 5.82 Å². The van der Waals surface area contributed by atoms with Crippen LogP contribution in [0.4, 0.5) is 10.2 Å². The zero-order valence-corrected chi connectivity index (χ0v) is 24.2. The van der Waals surface area contributed by atoms with E-state index in [1.165, 1.54) is 30.1 Å². The molecule has 42 heavy (non-hydrogen) atoms. The summed E-state index contributed by atoms with van der Waals surface area (Å²) in [5, 5.41) is 11.5. The molecule has 2 fully saturated rings. The first-order chi connectivity index (χ1) is 20.3. The normalized spacial score (nSPS) is 19.0. The first-order valence-electron chi connectivity index (χ1n) is 14.6. The van der Waals surface area contributed by atoms with Gasteiger partial charge in [-0.1, -0.05) is 24.3 Å². The lowest BCUT2D eigenvalue weighted by Crippen LogP contribution is -2.61. The van der Waals surface area contributed by atoms with Gasteiger partial charge in [-0.15, -0.1) is 10.2 Å². The number of hydrogen-bond acceptors (Lipinski definition) is 8. The molecule has 2 amide bonds. The second-order valence-electron chi connectivity index (χ2n) is 11.7. The Morgan fingerprint density at radius 3 is 2.67 bits per heavy atom. The van der Waals surface area contributed by atoms with E-state index in [9.17, 15) is 14.0 Å². The fraction of sp³-hybridized carbons (Fsp3) is 0.452. The van der Waals surface area contributed by atoms with Gasteiger partial charge in [-0.2, -0.15) is 0 Å². The van der Waals surface area contributed by atoms with E-state index in [1.807, 2.05) is 43.9 Å². The van der Waals surface area contributed by atoms with Crippen molar-refractivity contribution in [1.82, 2.24) is 30.3 Å². The van der Waals surface area contributed by atoms with Crippen molar-refractivity contribution >= 4 is 17.6 Å². The third kappa shape index (κ3) is 5.17. The van der Waals surface area contributed by atoms with Crippen LogP contribution in [0, 0.1) is 11.2 Å². The highest BCUT2D eigenvalue weighted by molar-refractivity contribution is 5.97. The third-order valence-electron chi connectivity index (χ3n) is 8.77. The van der Waals surface area contributed by atoms with Gasteiger partial charge in [-0.25, -0.2) is 9.37 Å². The van der Waals surface area contributed by atoms with Crippen molar-refractivity contribution in [3.63, 3.8) is 0 Å². The molecule has 0 radical (unpaired) electrons. The Kier molecular flexibility index (Phi) is 7.53. The summed E-state index contributed by atoms with van der Waals surface area (Å²) in [5.41, 5.74) is 2.48. The molecule has 10 nitrogen and oxygen atoms in total. The van der Waals surface area contributed by atoms with Crippen LogP contribution in [0.1, 0.15) is 61.1 Å². The number of nitrogens with one attached hydrogen (secondary N) is 1. The first-order valence-corrected chi connectivity index (χ1v) is 14.6. The molecule has 11 heteroatoms. The molecule has 3 aliphatic rings. The van der Waals surface area contributed by atoms with Gasteiger partial charge in [0.05, 0.1) is 5.56 Å². The van der Waals surface area contributed by atoms with Gasteiger partial charge < -0.3 is 19.4 Å². The first kappa shape index (κ1) is 28.0. The summed E-state index contributed by atoms with van der Waals surface area (Å²) < 4.78 is 20.3. The van der Waals surface area contributed by atoms with Gasteiger partial charge in [-0.3, -0.25) is 14.9 Å². The average Bonchev–Trinajstić information content (AvgIpc) is 3.41. The molecular weight excluding hydrogens is 537 g/mol. The molecule has 2 aromatic carbocycles. The lowest BCUT2D eigenvalue weighted by Gasteiger charge is -2.54. The summed E-state index contributed by atoms with van der Waals surface area (Å²) >= 11 is 0. The second kappa shape index (κ2) is 11.3. The number of ether oxygens (including phenoxy) is 1. The van der Waals surface area contributed by atoms with Crippen molar-refractivity contribution in [3.05, 3.63) is 71.3 Å². The Morgan fingerprint density at radius 2 is 1.93 bits per heavy atom. The molecule has 1 spiro atoms. The minimum atomic E-state index is -0.523. The number of hydrogen-bond donors (Lipinski definition) is 1. The number of aromatic nitrogens is 3. The number of piperidine rings is 1. The predicted octanol–water partition coefficient (Wildman–Crippen LogP) is 3.95. The van der Waals surface area contributed by atoms with Gasteiger partial charge in [0.1, 0.15) is 23.9 Å². The summed E-state index contributed by atoms with van der Waals surface area (Å²) in [4.78, 5) is 36.8. The fourth-order valence-electron chi connectivity index (χ4n) is 6.43. The van der Waals surface area contributed by atoms with Gasteiger partial charge >= 0.3 is 0 Å². The van der Waals surface area contributed by atoms with Crippen molar-refractivity contribution in [2.45, 2.75) is 52.2 Å². The SMILES string of the molecule is CCN(C(=O)c1cc(F)ccc1Oc1nncnc1N1CC2(CCN(C(=O)[C@H]3NCc4ccccc43)CC2)C1)C(C)C. The van der Waals surface area contributed by atoms with Crippen LogP contribution in [0.3, 0.4) is 0 Å². The van der Waals surface area contributed by atoms with Crippen LogP contribution in [-0.4, -0.2) is 75.6 Å². The highest BCUT2D eigenvalue weighted by Gasteiger charge is 2.47. The summed E-state index contributed by atoms with van der Waals surface area (Å²) in [7, 11) is 0. The zero-order chi connectivity index (χ0) is 29.4. The van der Waals surface area contributed by atoms with Crippen LogP contribution >= 0.6 is 0 Å². The van der Waals surface area contributed by atoms with Crippen LogP contribution in [0.5, 0.6) is 11.6 Å². The van der Waals surface area contributed by atoms with Crippen LogP contribution in [0.15, 0.2) is 48.8 Å². The predicted molar refractivity (Wildman–Crippen MR) is 155 cm³/mol. The molecule has 3 aliphatic heterocycles. The largest absolute Gasteiger partial charge is 0.434 e. The molecule has 1 atom stereocenters. The van der Waals surface area contributed by atoms with Crippen LogP contribution < -0.4 is 15.0 Å². The second-order valence-corrected chi connectivity index (χ2v) is 11.7. The molecule has 2 saturated heterocycles. The molecule has 4 heterocycles. The van der Waals surface area contributed by atoms with E-state index in [-0.39, 0.29) is 46.5 Å². The van der Waals surface area contributed by atoms with E-state index in [2.05, 4.69) is 31.5 Å². The van der Waals surface area contributed by atoms with Gasteiger partial charge in [-0.05, 0) is 62.9 Å². The van der Waals surface area contributed by atoms with Crippen molar-refractivity contribution < 1.29 is 18.7 Å². The molecule has 0 unspecified atom stereocenters. The quantitative estimate of drug-likeness (QED) is 0.453. The van der Waals surface area contributed by atoms with Gasteiger partial charge in [0.25, 0.3) is 11.8 Å². The molecule has 0 aliphatic carbocycles. The summed E-state index contributed by atoms with van der Waals surface area (Å²) in [5.74, 6) is 0.198. The number of carbonyl (C=O) groups is 2. The number of nitrogens with zero attached hydrogens (tertiary/aromatic N) is 6. The number of halogens is 1. The van der Waals surface area contributed by atoms with E-state index in [0.717, 1.165) is 38.0 Å². The van der Waals surface area contributed by atoms with E-state index in [1.54, 1.807) is 4.90 Å². The topological polar surface area (TPSA) is 104 Å². The molecule has 220 valence electrons. The van der Waals surface area contributed by atoms with E-state index in [4.69, 9.17) is 4.74 Å². The summed E-state index contributed by atoms with van der Waals surface area (Å²) in [6.45, 7) is 9.83. The minimum Gasteiger partial charge on any atom is -0.434 e. The third-order valence-corrected chi connectivity index (χ3v) is 8.77. The maximum absolute atomic E-state index is 14.2. The standard InChI is InChI=1S/C31H36FN7O3/c1-4-39(20(2)3)29(40)24-15-22(32)9-10-25(24)42-28-27(34-19-35-36-28)38-17-31(18-38)11-13-37(14-12-31)30(41)26-23-8-6-5-7-21(23)16-33-26/h5-10,15,19-20,26,33H,4,11-14,16-18H2,1-3H3/t26-/m0/s1. The smallest absolute Gasteiger partial charge is 0.282 e. The number of amides is 2. The Hall–Kier alpha value is -4.12.